The van der Waals surface area contributed by atoms with E-state index < -0.39 is 0 Å². The van der Waals surface area contributed by atoms with Crippen molar-refractivity contribution < 1.29 is 0 Å². The number of hydrogen-bond acceptors (Lipinski definition) is 0. The SMILES string of the molecule is C=C(CC=CCCC)CC(C)C. The Morgan fingerprint density at radius 2 is 2.00 bits per heavy atom. The third-order valence-electron chi connectivity index (χ3n) is 1.73. The quantitative estimate of drug-likeness (QED) is 0.515. The van der Waals surface area contributed by atoms with Crippen molar-refractivity contribution in [3.63, 3.8) is 0 Å². The van der Waals surface area contributed by atoms with Crippen molar-refractivity contribution in [3.05, 3.63) is 24.3 Å². The van der Waals surface area contributed by atoms with Crippen LogP contribution in [0.15, 0.2) is 24.3 Å². The molecule has 0 aromatic heterocycles. The van der Waals surface area contributed by atoms with Crippen LogP contribution in [-0.2, 0) is 0 Å². The lowest BCUT2D eigenvalue weighted by Crippen LogP contribution is -1.88. The maximum atomic E-state index is 4.04. The predicted molar refractivity (Wildman–Crippen MR) is 57.3 cm³/mol. The minimum absolute atomic E-state index is 0.747. The molecule has 0 spiro atoms. The molecule has 0 amide bonds. The Hall–Kier alpha value is -0.520. The smallest absolute Gasteiger partial charge is 0.0141 e. The highest BCUT2D eigenvalue weighted by molar-refractivity contribution is 5.02. The van der Waals surface area contributed by atoms with Crippen LogP contribution >= 0.6 is 0 Å². The molecule has 0 saturated carbocycles. The van der Waals surface area contributed by atoms with Gasteiger partial charge in [-0.1, -0.05) is 51.5 Å². The average Bonchev–Trinajstić information content (AvgIpc) is 1.97. The van der Waals surface area contributed by atoms with E-state index in [1.54, 1.807) is 0 Å². The van der Waals surface area contributed by atoms with Crippen molar-refractivity contribution in [2.45, 2.75) is 46.5 Å². The zero-order valence-corrected chi connectivity index (χ0v) is 8.77. The van der Waals surface area contributed by atoms with E-state index in [0.29, 0.717) is 0 Å². The molecule has 0 aromatic rings. The minimum atomic E-state index is 0.747. The summed E-state index contributed by atoms with van der Waals surface area (Å²) in [7, 11) is 0. The molecule has 0 fully saturated rings. The fourth-order valence-corrected chi connectivity index (χ4v) is 1.20. The molecule has 0 unspecified atom stereocenters. The first kappa shape index (κ1) is 11.5. The van der Waals surface area contributed by atoms with Crippen LogP contribution in [0.4, 0.5) is 0 Å². The molecule has 0 nitrogen and oxygen atoms in total. The highest BCUT2D eigenvalue weighted by atomic mass is 14.0. The summed E-state index contributed by atoms with van der Waals surface area (Å²) in [5, 5.41) is 0. The van der Waals surface area contributed by atoms with E-state index >= 15 is 0 Å². The predicted octanol–water partition coefficient (Wildman–Crippen LogP) is 4.34. The molecule has 0 aliphatic carbocycles. The molecule has 0 bridgehead atoms. The Kier molecular flexibility index (Phi) is 6.84. The van der Waals surface area contributed by atoms with E-state index in [1.165, 1.54) is 18.4 Å². The molecule has 0 rings (SSSR count). The van der Waals surface area contributed by atoms with Crippen LogP contribution in [0.25, 0.3) is 0 Å². The van der Waals surface area contributed by atoms with E-state index in [9.17, 15) is 0 Å². The Morgan fingerprint density at radius 3 is 2.50 bits per heavy atom. The number of unbranched alkanes of at least 4 members (excludes halogenated alkanes) is 1. The summed E-state index contributed by atoms with van der Waals surface area (Å²) >= 11 is 0. The van der Waals surface area contributed by atoms with Gasteiger partial charge in [0.2, 0.25) is 0 Å². The molecular weight excluding hydrogens is 144 g/mol. The van der Waals surface area contributed by atoms with E-state index in [-0.39, 0.29) is 0 Å². The minimum Gasteiger partial charge on any atom is -0.0995 e. The topological polar surface area (TPSA) is 0 Å². The maximum absolute atomic E-state index is 4.04. The van der Waals surface area contributed by atoms with Crippen LogP contribution in [-0.4, -0.2) is 0 Å². The molecule has 0 aromatic carbocycles. The fraction of sp³-hybridized carbons (Fsp3) is 0.667. The van der Waals surface area contributed by atoms with Gasteiger partial charge in [-0.25, -0.2) is 0 Å². The van der Waals surface area contributed by atoms with Gasteiger partial charge in [-0.2, -0.15) is 0 Å². The molecule has 70 valence electrons. The summed E-state index contributed by atoms with van der Waals surface area (Å²) in [5.41, 5.74) is 1.36. The Balaban J connectivity index is 3.43. The summed E-state index contributed by atoms with van der Waals surface area (Å²) in [6.45, 7) is 10.7. The van der Waals surface area contributed by atoms with Gasteiger partial charge in [0.25, 0.3) is 0 Å². The number of hydrogen-bond donors (Lipinski definition) is 0. The Labute approximate surface area is 77.4 Å². The molecule has 0 aliphatic rings. The van der Waals surface area contributed by atoms with E-state index in [0.717, 1.165) is 18.8 Å². The molecule has 0 N–H and O–H groups in total. The van der Waals surface area contributed by atoms with Gasteiger partial charge in [0.05, 0.1) is 0 Å². The first-order valence-electron chi connectivity index (χ1n) is 4.98. The van der Waals surface area contributed by atoms with Crippen molar-refractivity contribution in [1.82, 2.24) is 0 Å². The number of allylic oxidation sites excluding steroid dienone is 3. The normalized spacial score (nSPS) is 11.3. The van der Waals surface area contributed by atoms with Gasteiger partial charge >= 0.3 is 0 Å². The van der Waals surface area contributed by atoms with Gasteiger partial charge in [0, 0.05) is 0 Å². The van der Waals surface area contributed by atoms with Gasteiger partial charge in [-0.05, 0) is 25.2 Å². The maximum Gasteiger partial charge on any atom is -0.0141 e. The van der Waals surface area contributed by atoms with Crippen LogP contribution in [0, 0.1) is 5.92 Å². The van der Waals surface area contributed by atoms with Gasteiger partial charge in [0.1, 0.15) is 0 Å². The van der Waals surface area contributed by atoms with Crippen LogP contribution < -0.4 is 0 Å². The van der Waals surface area contributed by atoms with Crippen LogP contribution in [0.5, 0.6) is 0 Å². The molecule has 0 heterocycles. The van der Waals surface area contributed by atoms with Gasteiger partial charge in [0.15, 0.2) is 0 Å². The molecule has 0 atom stereocenters. The second kappa shape index (κ2) is 7.15. The highest BCUT2D eigenvalue weighted by Gasteiger charge is 1.95. The van der Waals surface area contributed by atoms with Gasteiger partial charge < -0.3 is 0 Å². The standard InChI is InChI=1S/C12H22/c1-5-6-7-8-9-12(4)10-11(2)3/h7-8,11H,4-6,9-10H2,1-3H3. The summed E-state index contributed by atoms with van der Waals surface area (Å²) in [5.74, 6) is 0.747. The lowest BCUT2D eigenvalue weighted by molar-refractivity contribution is 0.636. The second-order valence-electron chi connectivity index (χ2n) is 3.81. The summed E-state index contributed by atoms with van der Waals surface area (Å²) < 4.78 is 0. The molecular formula is C12H22. The molecule has 12 heavy (non-hydrogen) atoms. The Morgan fingerprint density at radius 1 is 1.33 bits per heavy atom. The second-order valence-corrected chi connectivity index (χ2v) is 3.81. The van der Waals surface area contributed by atoms with E-state index in [4.69, 9.17) is 0 Å². The fourth-order valence-electron chi connectivity index (χ4n) is 1.20. The van der Waals surface area contributed by atoms with Crippen LogP contribution in [0.3, 0.4) is 0 Å². The van der Waals surface area contributed by atoms with Crippen LogP contribution in [0.2, 0.25) is 0 Å². The zero-order valence-electron chi connectivity index (χ0n) is 8.77. The highest BCUT2D eigenvalue weighted by Crippen LogP contribution is 2.12. The molecule has 0 heteroatoms. The average molecular weight is 166 g/mol. The van der Waals surface area contributed by atoms with Crippen LogP contribution in [0.1, 0.15) is 46.5 Å². The zero-order chi connectivity index (χ0) is 9.40. The van der Waals surface area contributed by atoms with Crippen molar-refractivity contribution in [1.29, 1.82) is 0 Å². The number of rotatable bonds is 6. The van der Waals surface area contributed by atoms with E-state index in [1.807, 2.05) is 0 Å². The monoisotopic (exact) mass is 166 g/mol. The lowest BCUT2D eigenvalue weighted by atomic mass is 10.0. The lowest BCUT2D eigenvalue weighted by Gasteiger charge is -2.04. The summed E-state index contributed by atoms with van der Waals surface area (Å²) in [4.78, 5) is 0. The summed E-state index contributed by atoms with van der Waals surface area (Å²) in [6, 6.07) is 0. The summed E-state index contributed by atoms with van der Waals surface area (Å²) in [6.07, 6.45) is 9.18. The van der Waals surface area contributed by atoms with Gasteiger partial charge in [-0.3, -0.25) is 0 Å². The largest absolute Gasteiger partial charge is 0.0995 e. The third-order valence-corrected chi connectivity index (χ3v) is 1.73. The van der Waals surface area contributed by atoms with Gasteiger partial charge in [-0.15, -0.1) is 0 Å². The molecule has 0 saturated heterocycles. The first-order valence-corrected chi connectivity index (χ1v) is 4.98. The molecule has 0 aliphatic heterocycles. The van der Waals surface area contributed by atoms with E-state index in [2.05, 4.69) is 39.5 Å². The third kappa shape index (κ3) is 7.59. The first-order chi connectivity index (χ1) is 5.66. The van der Waals surface area contributed by atoms with Crippen molar-refractivity contribution in [2.24, 2.45) is 5.92 Å². The van der Waals surface area contributed by atoms with Crippen molar-refractivity contribution in [3.8, 4) is 0 Å². The van der Waals surface area contributed by atoms with Crippen molar-refractivity contribution >= 4 is 0 Å². The van der Waals surface area contributed by atoms with Crippen molar-refractivity contribution in [2.75, 3.05) is 0 Å². The molecule has 0 radical (unpaired) electrons. The Bertz CT molecular complexity index is 140.